The van der Waals surface area contributed by atoms with Crippen molar-refractivity contribution < 1.29 is 23.7 Å². The number of methoxy groups -OCH3 is 2. The molecule has 0 bridgehead atoms. The van der Waals surface area contributed by atoms with Crippen LogP contribution in [0.4, 0.5) is 5.82 Å². The van der Waals surface area contributed by atoms with Gasteiger partial charge in [-0.2, -0.15) is 5.10 Å². The first-order chi connectivity index (χ1) is 22.0. The highest BCUT2D eigenvalue weighted by molar-refractivity contribution is 5.95. The number of ether oxygens (including phenoxy) is 4. The van der Waals surface area contributed by atoms with Crippen molar-refractivity contribution in [2.75, 3.05) is 52.8 Å². The second-order valence-corrected chi connectivity index (χ2v) is 11.3. The number of carbonyl (C=O) groups is 1. The van der Waals surface area contributed by atoms with Crippen molar-refractivity contribution in [2.24, 2.45) is 0 Å². The van der Waals surface area contributed by atoms with Crippen molar-refractivity contribution in [3.63, 3.8) is 0 Å². The molecule has 0 saturated carbocycles. The molecule has 3 aromatic carbocycles. The first kappa shape index (κ1) is 30.5. The Labute approximate surface area is 262 Å². The summed E-state index contributed by atoms with van der Waals surface area (Å²) in [6.45, 7) is 6.21. The molecule has 1 saturated heterocycles. The fourth-order valence-corrected chi connectivity index (χ4v) is 5.92. The fraction of sp³-hybridized carbons (Fsp3) is 0.343. The van der Waals surface area contributed by atoms with Crippen LogP contribution in [0.1, 0.15) is 29.8 Å². The standard InChI is InChI=1S/C35H39N5O5/c1-4-44-34(41)18-27-15-23(21-43-3)5-10-33(27)45-22-31-30-17-26(25-7-6-24-11-12-37-35(36)29(24)16-25)8-9-32(30)40(38-31)28-19-39(20-28)13-14-42-2/h5-12,15-17,28H,4,13-14,18-22H2,1-3H3,(H2,36,37). The van der Waals surface area contributed by atoms with Gasteiger partial charge in [0.05, 0.1) is 37.8 Å². The highest BCUT2D eigenvalue weighted by Crippen LogP contribution is 2.33. The molecular weight excluding hydrogens is 570 g/mol. The number of hydrogen-bond donors (Lipinski definition) is 1. The van der Waals surface area contributed by atoms with Crippen molar-refractivity contribution >= 4 is 33.5 Å². The maximum atomic E-state index is 12.4. The van der Waals surface area contributed by atoms with Gasteiger partial charge in [-0.3, -0.25) is 14.4 Å². The van der Waals surface area contributed by atoms with Crippen LogP contribution in [-0.4, -0.2) is 72.7 Å². The Bertz CT molecular complexity index is 1810. The Morgan fingerprint density at radius 1 is 0.956 bits per heavy atom. The molecule has 1 aliphatic heterocycles. The SMILES string of the molecule is CCOC(=O)Cc1cc(COC)ccc1OCc1nn(C2CN(CCOC)C2)c2ccc(-c3ccc4ccnc(N)c4c3)cc12. The monoisotopic (exact) mass is 609 g/mol. The number of fused-ring (bicyclic) bond motifs is 2. The van der Waals surface area contributed by atoms with Crippen molar-refractivity contribution in [3.8, 4) is 16.9 Å². The lowest BCUT2D eigenvalue weighted by Crippen LogP contribution is -2.49. The summed E-state index contributed by atoms with van der Waals surface area (Å²) in [5.41, 5.74) is 11.9. The Kier molecular flexibility index (Phi) is 9.25. The van der Waals surface area contributed by atoms with Crippen LogP contribution in [-0.2, 0) is 38.6 Å². The molecule has 0 unspecified atom stereocenters. The van der Waals surface area contributed by atoms with Gasteiger partial charge in [-0.15, -0.1) is 0 Å². The van der Waals surface area contributed by atoms with Crippen LogP contribution >= 0.6 is 0 Å². The van der Waals surface area contributed by atoms with E-state index in [1.165, 1.54) is 0 Å². The molecular formula is C35H39N5O5. The molecule has 2 N–H and O–H groups in total. The summed E-state index contributed by atoms with van der Waals surface area (Å²) in [5, 5.41) is 8.09. The van der Waals surface area contributed by atoms with Crippen molar-refractivity contribution in [1.82, 2.24) is 19.7 Å². The van der Waals surface area contributed by atoms with E-state index in [1.54, 1.807) is 27.3 Å². The van der Waals surface area contributed by atoms with Gasteiger partial charge in [0.1, 0.15) is 23.9 Å². The lowest BCUT2D eigenvalue weighted by atomic mass is 10.00. The number of benzene rings is 3. The van der Waals surface area contributed by atoms with Crippen molar-refractivity contribution in [1.29, 1.82) is 0 Å². The number of likely N-dealkylation sites (tertiary alicyclic amines) is 1. The Morgan fingerprint density at radius 2 is 1.76 bits per heavy atom. The minimum atomic E-state index is -0.300. The van der Waals surface area contributed by atoms with E-state index in [0.717, 1.165) is 69.3 Å². The van der Waals surface area contributed by atoms with Crippen LogP contribution < -0.4 is 10.5 Å². The third kappa shape index (κ3) is 6.63. The summed E-state index contributed by atoms with van der Waals surface area (Å²) in [6.07, 6.45) is 1.84. The molecule has 234 valence electrons. The van der Waals surface area contributed by atoms with Crippen LogP contribution in [0.25, 0.3) is 32.8 Å². The summed E-state index contributed by atoms with van der Waals surface area (Å²) in [4.78, 5) is 19.1. The van der Waals surface area contributed by atoms with Gasteiger partial charge < -0.3 is 24.7 Å². The fourth-order valence-electron chi connectivity index (χ4n) is 5.92. The normalized spacial score (nSPS) is 13.8. The smallest absolute Gasteiger partial charge is 0.310 e. The Balaban J connectivity index is 1.34. The van der Waals surface area contributed by atoms with Gasteiger partial charge in [-0.1, -0.05) is 24.3 Å². The lowest BCUT2D eigenvalue weighted by molar-refractivity contribution is -0.142. The van der Waals surface area contributed by atoms with Gasteiger partial charge in [0, 0.05) is 56.4 Å². The minimum absolute atomic E-state index is 0.111. The number of anilines is 1. The summed E-state index contributed by atoms with van der Waals surface area (Å²) in [6, 6.07) is 20.7. The third-order valence-corrected chi connectivity index (χ3v) is 8.25. The van der Waals surface area contributed by atoms with Crippen LogP contribution in [0.5, 0.6) is 5.75 Å². The molecule has 10 heteroatoms. The summed E-state index contributed by atoms with van der Waals surface area (Å²) < 4.78 is 24.3. The zero-order chi connectivity index (χ0) is 31.3. The number of carbonyl (C=O) groups excluding carboxylic acids is 1. The maximum absolute atomic E-state index is 12.4. The zero-order valence-electron chi connectivity index (χ0n) is 26.0. The van der Waals surface area contributed by atoms with E-state index < -0.39 is 0 Å². The number of nitrogens with two attached hydrogens (primary N) is 1. The van der Waals surface area contributed by atoms with Crippen LogP contribution in [0.2, 0.25) is 0 Å². The molecule has 6 rings (SSSR count). The third-order valence-electron chi connectivity index (χ3n) is 8.25. The van der Waals surface area contributed by atoms with Crippen LogP contribution in [0.3, 0.4) is 0 Å². The number of rotatable bonds is 13. The summed E-state index contributed by atoms with van der Waals surface area (Å²) in [7, 11) is 3.37. The molecule has 0 spiro atoms. The van der Waals surface area contributed by atoms with Gasteiger partial charge >= 0.3 is 5.97 Å². The van der Waals surface area contributed by atoms with Crippen molar-refractivity contribution in [3.05, 3.63) is 83.7 Å². The van der Waals surface area contributed by atoms with Crippen molar-refractivity contribution in [2.45, 2.75) is 32.6 Å². The summed E-state index contributed by atoms with van der Waals surface area (Å²) in [5.74, 6) is 0.828. The number of nitrogen functional groups attached to an aromatic ring is 1. The highest BCUT2D eigenvalue weighted by atomic mass is 16.5. The second kappa shape index (κ2) is 13.6. The van der Waals surface area contributed by atoms with Crippen LogP contribution in [0, 0.1) is 0 Å². The predicted molar refractivity (Wildman–Crippen MR) is 174 cm³/mol. The van der Waals surface area contributed by atoms with Gasteiger partial charge in [0.2, 0.25) is 0 Å². The molecule has 5 aromatic rings. The minimum Gasteiger partial charge on any atom is -0.487 e. The average Bonchev–Trinajstić information content (AvgIpc) is 3.37. The zero-order valence-corrected chi connectivity index (χ0v) is 26.0. The summed E-state index contributed by atoms with van der Waals surface area (Å²) >= 11 is 0. The Morgan fingerprint density at radius 3 is 2.53 bits per heavy atom. The van der Waals surface area contributed by atoms with Crippen LogP contribution in [0.15, 0.2) is 66.9 Å². The molecule has 2 aromatic heterocycles. The predicted octanol–water partition coefficient (Wildman–Crippen LogP) is 5.17. The number of esters is 1. The Hall–Kier alpha value is -4.51. The van der Waals surface area contributed by atoms with Gasteiger partial charge in [0.15, 0.2) is 0 Å². The molecule has 10 nitrogen and oxygen atoms in total. The van der Waals surface area contributed by atoms with E-state index >= 15 is 0 Å². The van der Waals surface area contributed by atoms with E-state index in [-0.39, 0.29) is 25.0 Å². The highest BCUT2D eigenvalue weighted by Gasteiger charge is 2.30. The number of pyridine rings is 1. The number of nitrogens with zero attached hydrogens (tertiary/aromatic N) is 4. The van der Waals surface area contributed by atoms with E-state index in [9.17, 15) is 4.79 Å². The molecule has 0 radical (unpaired) electrons. The number of hydrogen-bond acceptors (Lipinski definition) is 9. The first-order valence-corrected chi connectivity index (χ1v) is 15.2. The molecule has 45 heavy (non-hydrogen) atoms. The largest absolute Gasteiger partial charge is 0.487 e. The van der Waals surface area contributed by atoms with E-state index in [1.807, 2.05) is 24.3 Å². The topological polar surface area (TPSA) is 114 Å². The molecule has 1 fully saturated rings. The van der Waals surface area contributed by atoms with E-state index in [0.29, 0.717) is 31.4 Å². The quantitative estimate of drug-likeness (QED) is 0.181. The first-order valence-electron chi connectivity index (χ1n) is 15.2. The second-order valence-electron chi connectivity index (χ2n) is 11.3. The van der Waals surface area contributed by atoms with Gasteiger partial charge in [0.25, 0.3) is 0 Å². The average molecular weight is 610 g/mol. The molecule has 0 amide bonds. The molecule has 1 aliphatic rings. The van der Waals surface area contributed by atoms with E-state index in [2.05, 4.69) is 51.0 Å². The lowest BCUT2D eigenvalue weighted by Gasteiger charge is -2.39. The molecule has 0 atom stereocenters. The molecule has 3 heterocycles. The van der Waals surface area contributed by atoms with Gasteiger partial charge in [-0.05, 0) is 65.4 Å². The molecule has 0 aliphatic carbocycles. The van der Waals surface area contributed by atoms with E-state index in [4.69, 9.17) is 29.8 Å². The number of aromatic nitrogens is 3. The maximum Gasteiger partial charge on any atom is 0.310 e. The van der Waals surface area contributed by atoms with Gasteiger partial charge in [-0.25, -0.2) is 4.98 Å².